The van der Waals surface area contributed by atoms with Gasteiger partial charge in [0.15, 0.2) is 0 Å². The van der Waals surface area contributed by atoms with Gasteiger partial charge in [-0.05, 0) is 61.2 Å². The van der Waals surface area contributed by atoms with Crippen LogP contribution in [-0.4, -0.2) is 25.0 Å². The fourth-order valence-corrected chi connectivity index (χ4v) is 3.07. The van der Waals surface area contributed by atoms with Crippen LogP contribution in [0.3, 0.4) is 0 Å². The molecule has 0 spiro atoms. The first-order valence-electron chi connectivity index (χ1n) is 8.49. The Morgan fingerprint density at radius 2 is 2.00 bits per heavy atom. The van der Waals surface area contributed by atoms with Crippen LogP contribution in [0.25, 0.3) is 11.1 Å². The predicted molar refractivity (Wildman–Crippen MR) is 94.5 cm³/mol. The van der Waals surface area contributed by atoms with Crippen molar-refractivity contribution in [1.29, 1.82) is 5.26 Å². The molecule has 1 heterocycles. The molecule has 4 nitrogen and oxygen atoms in total. The monoisotopic (exact) mass is 337 g/mol. The van der Waals surface area contributed by atoms with Gasteiger partial charge in [0, 0.05) is 18.2 Å². The second kappa shape index (κ2) is 7.91. The van der Waals surface area contributed by atoms with Gasteiger partial charge in [0.25, 0.3) is 5.91 Å². The van der Waals surface area contributed by atoms with Crippen LogP contribution in [0.5, 0.6) is 0 Å². The maximum Gasteiger partial charge on any atom is 0.251 e. The van der Waals surface area contributed by atoms with E-state index in [0.717, 1.165) is 24.1 Å². The van der Waals surface area contributed by atoms with Crippen LogP contribution in [-0.2, 0) is 0 Å². The van der Waals surface area contributed by atoms with Crippen molar-refractivity contribution in [2.45, 2.75) is 25.3 Å². The molecule has 1 amide bonds. The molecule has 2 N–H and O–H groups in total. The zero-order chi connectivity index (χ0) is 17.6. The quantitative estimate of drug-likeness (QED) is 0.880. The van der Waals surface area contributed by atoms with Crippen molar-refractivity contribution in [3.63, 3.8) is 0 Å². The molecule has 1 fully saturated rings. The number of nitriles is 1. The third-order valence-electron chi connectivity index (χ3n) is 4.51. The molecule has 0 aromatic heterocycles. The molecule has 0 aliphatic carbocycles. The predicted octanol–water partition coefficient (Wildman–Crippen LogP) is 3.24. The number of amides is 1. The molecule has 0 bridgehead atoms. The lowest BCUT2D eigenvalue weighted by atomic mass is 10.0. The van der Waals surface area contributed by atoms with Crippen LogP contribution < -0.4 is 10.6 Å². The van der Waals surface area contributed by atoms with Gasteiger partial charge in [0.2, 0.25) is 0 Å². The summed E-state index contributed by atoms with van der Waals surface area (Å²) in [5.74, 6) is -0.625. The number of benzene rings is 2. The van der Waals surface area contributed by atoms with E-state index in [2.05, 4.69) is 10.6 Å². The molecule has 1 saturated heterocycles. The van der Waals surface area contributed by atoms with E-state index in [1.54, 1.807) is 18.2 Å². The maximum absolute atomic E-state index is 13.4. The second-order valence-electron chi connectivity index (χ2n) is 6.22. The summed E-state index contributed by atoms with van der Waals surface area (Å²) in [6.07, 6.45) is 3.32. The Morgan fingerprint density at radius 3 is 2.68 bits per heavy atom. The van der Waals surface area contributed by atoms with Gasteiger partial charge in [-0.2, -0.15) is 5.26 Å². The molecule has 128 valence electrons. The largest absolute Gasteiger partial charge is 0.352 e. The second-order valence-corrected chi connectivity index (χ2v) is 6.22. The Balaban J connectivity index is 1.61. The molecular formula is C20H20FN3O. The summed E-state index contributed by atoms with van der Waals surface area (Å²) in [6.45, 7) is 1.72. The van der Waals surface area contributed by atoms with Crippen LogP contribution in [0.4, 0.5) is 4.39 Å². The van der Waals surface area contributed by atoms with E-state index in [0.29, 0.717) is 18.2 Å². The molecule has 5 heteroatoms. The lowest BCUT2D eigenvalue weighted by molar-refractivity contribution is 0.0952. The van der Waals surface area contributed by atoms with Crippen molar-refractivity contribution in [3.8, 4) is 17.2 Å². The van der Waals surface area contributed by atoms with E-state index in [4.69, 9.17) is 5.26 Å². The van der Waals surface area contributed by atoms with Crippen LogP contribution >= 0.6 is 0 Å². The molecule has 0 unspecified atom stereocenters. The van der Waals surface area contributed by atoms with Crippen molar-refractivity contribution in [2.24, 2.45) is 0 Å². The van der Waals surface area contributed by atoms with Gasteiger partial charge in [-0.1, -0.05) is 18.2 Å². The van der Waals surface area contributed by atoms with Crippen LogP contribution in [0.15, 0.2) is 42.5 Å². The summed E-state index contributed by atoms with van der Waals surface area (Å²) in [7, 11) is 0. The summed E-state index contributed by atoms with van der Waals surface area (Å²) >= 11 is 0. The summed E-state index contributed by atoms with van der Waals surface area (Å²) in [5.41, 5.74) is 2.19. The van der Waals surface area contributed by atoms with Crippen molar-refractivity contribution in [3.05, 3.63) is 59.4 Å². The van der Waals surface area contributed by atoms with E-state index in [1.807, 2.05) is 18.2 Å². The third-order valence-corrected chi connectivity index (χ3v) is 4.51. The van der Waals surface area contributed by atoms with Gasteiger partial charge >= 0.3 is 0 Å². The highest BCUT2D eigenvalue weighted by atomic mass is 19.1. The Labute approximate surface area is 146 Å². The summed E-state index contributed by atoms with van der Waals surface area (Å²) in [4.78, 5) is 12.2. The highest BCUT2D eigenvalue weighted by Gasteiger charge is 2.14. The van der Waals surface area contributed by atoms with Gasteiger partial charge in [0.1, 0.15) is 11.9 Å². The zero-order valence-electron chi connectivity index (χ0n) is 13.9. The minimum atomic E-state index is -0.529. The fraction of sp³-hybridized carbons (Fsp3) is 0.300. The number of rotatable bonds is 5. The minimum Gasteiger partial charge on any atom is -0.352 e. The Kier molecular flexibility index (Phi) is 5.42. The first kappa shape index (κ1) is 17.1. The molecule has 0 saturated carbocycles. The first-order chi connectivity index (χ1) is 12.2. The molecule has 25 heavy (non-hydrogen) atoms. The molecule has 3 rings (SSSR count). The number of carbonyl (C=O) groups excluding carboxylic acids is 1. The summed E-state index contributed by atoms with van der Waals surface area (Å²) < 4.78 is 13.4. The summed E-state index contributed by atoms with van der Waals surface area (Å²) in [5, 5.41) is 15.3. The standard InChI is InChI=1S/C20H20FN3O/c21-19-8-7-16(12-17(19)13-22)14-3-5-15(6-4-14)20(25)24-11-9-18-2-1-10-23-18/h3-8,12,18,23H,1-2,9-11H2,(H,24,25)/t18-/m1/s1. The number of nitrogens with zero attached hydrogens (tertiary/aromatic N) is 1. The Bertz CT molecular complexity index is 790. The number of hydrogen-bond acceptors (Lipinski definition) is 3. The topological polar surface area (TPSA) is 64.9 Å². The van der Waals surface area contributed by atoms with Gasteiger partial charge in [-0.25, -0.2) is 4.39 Å². The first-order valence-corrected chi connectivity index (χ1v) is 8.49. The van der Waals surface area contributed by atoms with Gasteiger partial charge in [0.05, 0.1) is 5.56 Å². The lowest BCUT2D eigenvalue weighted by Crippen LogP contribution is -2.30. The highest BCUT2D eigenvalue weighted by Crippen LogP contribution is 2.22. The van der Waals surface area contributed by atoms with Crippen molar-refractivity contribution < 1.29 is 9.18 Å². The van der Waals surface area contributed by atoms with E-state index in [-0.39, 0.29) is 11.5 Å². The smallest absolute Gasteiger partial charge is 0.251 e. The molecule has 1 aliphatic rings. The normalized spacial score (nSPS) is 16.4. The van der Waals surface area contributed by atoms with E-state index in [9.17, 15) is 9.18 Å². The number of hydrogen-bond donors (Lipinski definition) is 2. The SMILES string of the molecule is N#Cc1cc(-c2ccc(C(=O)NCC[C@H]3CCCN3)cc2)ccc1F. The number of halogens is 1. The highest BCUT2D eigenvalue weighted by molar-refractivity contribution is 5.94. The molecule has 1 atom stereocenters. The van der Waals surface area contributed by atoms with E-state index < -0.39 is 5.82 Å². The Morgan fingerprint density at radius 1 is 1.24 bits per heavy atom. The molecular weight excluding hydrogens is 317 g/mol. The van der Waals surface area contributed by atoms with Crippen molar-refractivity contribution in [1.82, 2.24) is 10.6 Å². The van der Waals surface area contributed by atoms with Gasteiger partial charge < -0.3 is 10.6 Å². The van der Waals surface area contributed by atoms with Gasteiger partial charge in [-0.15, -0.1) is 0 Å². The van der Waals surface area contributed by atoms with Gasteiger partial charge in [-0.3, -0.25) is 4.79 Å². The molecule has 1 aliphatic heterocycles. The van der Waals surface area contributed by atoms with Crippen molar-refractivity contribution >= 4 is 5.91 Å². The molecule has 2 aromatic carbocycles. The van der Waals surface area contributed by atoms with E-state index >= 15 is 0 Å². The lowest BCUT2D eigenvalue weighted by Gasteiger charge is -2.11. The summed E-state index contributed by atoms with van der Waals surface area (Å²) in [6, 6.07) is 13.9. The number of nitrogens with one attached hydrogen (secondary N) is 2. The average molecular weight is 337 g/mol. The van der Waals surface area contributed by atoms with Crippen LogP contribution in [0, 0.1) is 17.1 Å². The van der Waals surface area contributed by atoms with E-state index in [1.165, 1.54) is 25.0 Å². The Hall–Kier alpha value is -2.71. The van der Waals surface area contributed by atoms with Crippen LogP contribution in [0.2, 0.25) is 0 Å². The zero-order valence-corrected chi connectivity index (χ0v) is 13.9. The fourth-order valence-electron chi connectivity index (χ4n) is 3.07. The van der Waals surface area contributed by atoms with Crippen molar-refractivity contribution in [2.75, 3.05) is 13.1 Å². The van der Waals surface area contributed by atoms with Crippen LogP contribution in [0.1, 0.15) is 35.2 Å². The average Bonchev–Trinajstić information content (AvgIpc) is 3.15. The molecule has 0 radical (unpaired) electrons. The minimum absolute atomic E-state index is 0.0137. The number of carbonyl (C=O) groups is 1. The molecule has 2 aromatic rings. The maximum atomic E-state index is 13.4. The third kappa shape index (κ3) is 4.23.